The van der Waals surface area contributed by atoms with Crippen LogP contribution in [0.25, 0.3) is 11.2 Å². The van der Waals surface area contributed by atoms with Crippen LogP contribution in [0.2, 0.25) is 0 Å². The first-order valence-corrected chi connectivity index (χ1v) is 9.45. The number of anilines is 1. The van der Waals surface area contributed by atoms with Gasteiger partial charge >= 0.3 is 5.69 Å². The molecule has 0 fully saturated rings. The molecule has 7 heteroatoms. The minimum atomic E-state index is -0.434. The zero-order valence-corrected chi connectivity index (χ0v) is 15.9. The van der Waals surface area contributed by atoms with E-state index >= 15 is 0 Å². The molecule has 140 valence electrons. The van der Waals surface area contributed by atoms with Crippen LogP contribution in [0.15, 0.2) is 9.59 Å². The minimum absolute atomic E-state index is 0.247. The number of H-pyrrole nitrogens is 1. The molecule has 2 rings (SSSR count). The molecule has 0 aliphatic rings. The molecule has 0 saturated heterocycles. The maximum atomic E-state index is 12.4. The molecule has 0 bridgehead atoms. The lowest BCUT2D eigenvalue weighted by molar-refractivity contribution is 0.563. The van der Waals surface area contributed by atoms with Gasteiger partial charge in [0, 0.05) is 19.6 Å². The number of unbranched alkanes of at least 4 members (excludes halogenated alkanes) is 5. The molecule has 0 spiro atoms. The van der Waals surface area contributed by atoms with Crippen molar-refractivity contribution in [2.75, 3.05) is 5.32 Å². The van der Waals surface area contributed by atoms with Crippen LogP contribution in [-0.4, -0.2) is 25.1 Å². The number of nitrogens with one attached hydrogen (secondary N) is 2. The van der Waals surface area contributed by atoms with Crippen LogP contribution < -0.4 is 16.6 Å². The van der Waals surface area contributed by atoms with Crippen molar-refractivity contribution < 1.29 is 0 Å². The number of aromatic amines is 1. The third-order valence-corrected chi connectivity index (χ3v) is 4.73. The van der Waals surface area contributed by atoms with Crippen LogP contribution in [0.4, 0.5) is 5.95 Å². The van der Waals surface area contributed by atoms with Crippen molar-refractivity contribution in [2.45, 2.75) is 78.3 Å². The van der Waals surface area contributed by atoms with Gasteiger partial charge in [-0.15, -0.1) is 0 Å². The Morgan fingerprint density at radius 3 is 2.48 bits per heavy atom. The van der Waals surface area contributed by atoms with Gasteiger partial charge < -0.3 is 9.88 Å². The summed E-state index contributed by atoms with van der Waals surface area (Å²) in [5, 5.41) is 3.37. The Hall–Kier alpha value is -2.05. The minimum Gasteiger partial charge on any atom is -0.353 e. The molecule has 0 saturated carbocycles. The molecular weight excluding hydrogens is 318 g/mol. The van der Waals surface area contributed by atoms with E-state index in [9.17, 15) is 9.59 Å². The number of aryl methyl sites for hydroxylation is 2. The highest BCUT2D eigenvalue weighted by atomic mass is 16.2. The normalized spacial score (nSPS) is 12.6. The highest BCUT2D eigenvalue weighted by molar-refractivity contribution is 5.74. The molecule has 2 N–H and O–H groups in total. The van der Waals surface area contributed by atoms with Gasteiger partial charge in [-0.1, -0.05) is 46.0 Å². The highest BCUT2D eigenvalue weighted by Crippen LogP contribution is 2.18. The first-order chi connectivity index (χ1) is 12.0. The summed E-state index contributed by atoms with van der Waals surface area (Å²) in [7, 11) is 1.63. The number of fused-ring (bicyclic) bond motifs is 1. The second-order valence-electron chi connectivity index (χ2n) is 6.80. The molecule has 25 heavy (non-hydrogen) atoms. The lowest BCUT2D eigenvalue weighted by atomic mass is 10.1. The number of hydrogen-bond acceptors (Lipinski definition) is 4. The van der Waals surface area contributed by atoms with E-state index in [0.717, 1.165) is 25.8 Å². The number of hydrogen-bond donors (Lipinski definition) is 2. The Morgan fingerprint density at radius 2 is 1.80 bits per heavy atom. The van der Waals surface area contributed by atoms with E-state index in [-0.39, 0.29) is 11.6 Å². The molecule has 0 aromatic carbocycles. The molecule has 2 aromatic heterocycles. The molecule has 0 radical (unpaired) electrons. The van der Waals surface area contributed by atoms with Crippen molar-refractivity contribution in [3.8, 4) is 0 Å². The Morgan fingerprint density at radius 1 is 1.12 bits per heavy atom. The van der Waals surface area contributed by atoms with E-state index in [2.05, 4.69) is 36.1 Å². The van der Waals surface area contributed by atoms with E-state index in [4.69, 9.17) is 0 Å². The Bertz CT molecular complexity index is 802. The first-order valence-electron chi connectivity index (χ1n) is 9.45. The average molecular weight is 349 g/mol. The summed E-state index contributed by atoms with van der Waals surface area (Å²) in [6.45, 7) is 7.11. The predicted octanol–water partition coefficient (Wildman–Crippen LogP) is 2.99. The lowest BCUT2D eigenvalue weighted by Gasteiger charge is -2.14. The van der Waals surface area contributed by atoms with Crippen LogP contribution in [0, 0.1) is 0 Å². The first kappa shape index (κ1) is 19.3. The topological polar surface area (TPSA) is 84.7 Å². The Balaban J connectivity index is 2.30. The van der Waals surface area contributed by atoms with Gasteiger partial charge in [-0.05, 0) is 19.8 Å². The lowest BCUT2D eigenvalue weighted by Crippen LogP contribution is -2.29. The number of rotatable bonds is 10. The van der Waals surface area contributed by atoms with Gasteiger partial charge in [-0.25, -0.2) is 4.79 Å². The summed E-state index contributed by atoms with van der Waals surface area (Å²) >= 11 is 0. The van der Waals surface area contributed by atoms with Gasteiger partial charge in [0.25, 0.3) is 5.56 Å². The van der Waals surface area contributed by atoms with E-state index in [1.165, 1.54) is 30.3 Å². The molecule has 2 heterocycles. The third-order valence-electron chi connectivity index (χ3n) is 4.73. The van der Waals surface area contributed by atoms with Crippen molar-refractivity contribution >= 4 is 17.1 Å². The number of aromatic nitrogens is 4. The van der Waals surface area contributed by atoms with Gasteiger partial charge in [0.1, 0.15) is 0 Å². The summed E-state index contributed by atoms with van der Waals surface area (Å²) in [6.07, 6.45) is 8.06. The monoisotopic (exact) mass is 349 g/mol. The van der Waals surface area contributed by atoms with Crippen molar-refractivity contribution in [1.82, 2.24) is 19.1 Å². The van der Waals surface area contributed by atoms with Crippen LogP contribution >= 0.6 is 0 Å². The van der Waals surface area contributed by atoms with Gasteiger partial charge in [-0.2, -0.15) is 4.98 Å². The van der Waals surface area contributed by atoms with Crippen molar-refractivity contribution in [3.05, 3.63) is 20.8 Å². The fourth-order valence-corrected chi connectivity index (χ4v) is 2.94. The highest BCUT2D eigenvalue weighted by Gasteiger charge is 2.17. The summed E-state index contributed by atoms with van der Waals surface area (Å²) in [4.78, 5) is 31.1. The average Bonchev–Trinajstić information content (AvgIpc) is 2.94. The molecule has 0 amide bonds. The van der Waals surface area contributed by atoms with Crippen molar-refractivity contribution in [2.24, 2.45) is 7.05 Å². The summed E-state index contributed by atoms with van der Waals surface area (Å²) in [6, 6.07) is 0.247. The number of nitrogens with zero attached hydrogens (tertiary/aromatic N) is 3. The molecule has 7 nitrogen and oxygen atoms in total. The molecule has 2 aromatic rings. The fourth-order valence-electron chi connectivity index (χ4n) is 2.94. The zero-order chi connectivity index (χ0) is 18.4. The SMILES string of the molecule is CCCCCCCCn1c(N[C@@H](C)CC)nc2c1c(=O)[nH]c(=O)n2C. The van der Waals surface area contributed by atoms with Gasteiger partial charge in [0.15, 0.2) is 11.2 Å². The molecule has 1 atom stereocenters. The van der Waals surface area contributed by atoms with Crippen LogP contribution in [0.1, 0.15) is 65.7 Å². The van der Waals surface area contributed by atoms with Crippen LogP contribution in [-0.2, 0) is 13.6 Å². The zero-order valence-electron chi connectivity index (χ0n) is 15.9. The maximum absolute atomic E-state index is 12.4. The molecule has 0 aliphatic carbocycles. The maximum Gasteiger partial charge on any atom is 0.329 e. The summed E-state index contributed by atoms with van der Waals surface area (Å²) < 4.78 is 3.33. The number of imidazole rings is 1. The van der Waals surface area contributed by atoms with Crippen LogP contribution in [0.3, 0.4) is 0 Å². The van der Waals surface area contributed by atoms with E-state index in [1.54, 1.807) is 7.05 Å². The largest absolute Gasteiger partial charge is 0.353 e. The van der Waals surface area contributed by atoms with Gasteiger partial charge in [0.2, 0.25) is 5.95 Å². The Kier molecular flexibility index (Phi) is 6.84. The van der Waals surface area contributed by atoms with Gasteiger partial charge in [0.05, 0.1) is 0 Å². The summed E-state index contributed by atoms with van der Waals surface area (Å²) in [5.41, 5.74) is 0.109. The van der Waals surface area contributed by atoms with E-state index < -0.39 is 5.69 Å². The Labute approximate surface area is 148 Å². The molecule has 0 aliphatic heterocycles. The predicted molar refractivity (Wildman–Crippen MR) is 102 cm³/mol. The second-order valence-corrected chi connectivity index (χ2v) is 6.80. The van der Waals surface area contributed by atoms with Crippen molar-refractivity contribution in [3.63, 3.8) is 0 Å². The van der Waals surface area contributed by atoms with E-state index in [1.807, 2.05) is 4.57 Å². The summed E-state index contributed by atoms with van der Waals surface area (Å²) in [5.74, 6) is 0.671. The molecule has 0 unspecified atom stereocenters. The smallest absolute Gasteiger partial charge is 0.329 e. The second kappa shape index (κ2) is 8.87. The van der Waals surface area contributed by atoms with Crippen molar-refractivity contribution in [1.29, 1.82) is 0 Å². The van der Waals surface area contributed by atoms with E-state index in [0.29, 0.717) is 17.1 Å². The standard InChI is InChI=1S/C18H31N5O2/c1-5-7-8-9-10-11-12-23-14-15(20-17(23)19-13(3)6-2)22(4)18(25)21-16(14)24/h13H,5-12H2,1-4H3,(H,19,20)(H,21,24,25)/t13-/m0/s1. The third kappa shape index (κ3) is 4.52. The quantitative estimate of drug-likeness (QED) is 0.646. The van der Waals surface area contributed by atoms with Crippen LogP contribution in [0.5, 0.6) is 0 Å². The molecular formula is C18H31N5O2. The van der Waals surface area contributed by atoms with Gasteiger partial charge in [-0.3, -0.25) is 14.3 Å². The fraction of sp³-hybridized carbons (Fsp3) is 0.722.